The number of nitrogens with one attached hydrogen (secondary N) is 1. The van der Waals surface area contributed by atoms with Crippen LogP contribution in [0.5, 0.6) is 0 Å². The van der Waals surface area contributed by atoms with Crippen LogP contribution in [0, 0.1) is 0 Å². The highest BCUT2D eigenvalue weighted by molar-refractivity contribution is 4.80. The summed E-state index contributed by atoms with van der Waals surface area (Å²) in [6.07, 6.45) is 3.88. The number of hydrogen-bond acceptors (Lipinski definition) is 3. The summed E-state index contributed by atoms with van der Waals surface area (Å²) in [5, 5.41) is 3.63. The second kappa shape index (κ2) is 8.06. The molecular weight excluding hydrogens is 210 g/mol. The molecule has 1 heterocycles. The van der Waals surface area contributed by atoms with E-state index in [0.717, 1.165) is 6.04 Å². The number of likely N-dealkylation sites (tertiary alicyclic amines) is 1. The van der Waals surface area contributed by atoms with Gasteiger partial charge in [-0.25, -0.2) is 0 Å². The first-order valence-corrected chi connectivity index (χ1v) is 7.29. The fourth-order valence-electron chi connectivity index (χ4n) is 2.35. The predicted molar refractivity (Wildman–Crippen MR) is 75.5 cm³/mol. The van der Waals surface area contributed by atoms with Crippen molar-refractivity contribution >= 4 is 0 Å². The Morgan fingerprint density at radius 1 is 1.41 bits per heavy atom. The first-order valence-electron chi connectivity index (χ1n) is 7.29. The molecule has 0 aromatic carbocycles. The second-order valence-corrected chi connectivity index (χ2v) is 5.67. The third-order valence-corrected chi connectivity index (χ3v) is 3.82. The molecule has 0 aromatic heterocycles. The maximum atomic E-state index is 3.63. The zero-order chi connectivity index (χ0) is 12.7. The molecule has 3 nitrogen and oxygen atoms in total. The van der Waals surface area contributed by atoms with Crippen LogP contribution in [0.15, 0.2) is 0 Å². The van der Waals surface area contributed by atoms with Gasteiger partial charge in [-0.15, -0.1) is 0 Å². The summed E-state index contributed by atoms with van der Waals surface area (Å²) in [7, 11) is 2.22. The van der Waals surface area contributed by atoms with Crippen molar-refractivity contribution < 1.29 is 0 Å². The largest absolute Gasteiger partial charge is 0.313 e. The fraction of sp³-hybridized carbons (Fsp3) is 1.00. The van der Waals surface area contributed by atoms with Gasteiger partial charge in [-0.1, -0.05) is 6.92 Å². The average molecular weight is 241 g/mol. The molecule has 3 heteroatoms. The van der Waals surface area contributed by atoms with Crippen LogP contribution in [0.3, 0.4) is 0 Å². The van der Waals surface area contributed by atoms with Crippen LogP contribution >= 0.6 is 0 Å². The molecule has 17 heavy (non-hydrogen) atoms. The van der Waals surface area contributed by atoms with Crippen molar-refractivity contribution in [2.75, 3.05) is 39.8 Å². The van der Waals surface area contributed by atoms with Crippen LogP contribution in [0.1, 0.15) is 40.0 Å². The van der Waals surface area contributed by atoms with Gasteiger partial charge in [0.25, 0.3) is 0 Å². The summed E-state index contributed by atoms with van der Waals surface area (Å²) >= 11 is 0. The van der Waals surface area contributed by atoms with Crippen molar-refractivity contribution in [3.8, 4) is 0 Å². The lowest BCUT2D eigenvalue weighted by molar-refractivity contribution is 0.243. The molecular formula is C14H31N3. The minimum atomic E-state index is 0.674. The smallest absolute Gasteiger partial charge is 0.0207 e. The van der Waals surface area contributed by atoms with Gasteiger partial charge in [0, 0.05) is 18.6 Å². The Labute approximate surface area is 108 Å². The van der Waals surface area contributed by atoms with E-state index in [1.807, 2.05) is 0 Å². The van der Waals surface area contributed by atoms with Gasteiger partial charge in [0.15, 0.2) is 0 Å². The SMILES string of the molecule is CCCNC1CCN(CCCN(C)C(C)C)C1. The summed E-state index contributed by atoms with van der Waals surface area (Å²) in [6.45, 7) is 13.0. The molecule has 0 amide bonds. The van der Waals surface area contributed by atoms with E-state index in [4.69, 9.17) is 0 Å². The molecule has 1 aliphatic heterocycles. The fourth-order valence-corrected chi connectivity index (χ4v) is 2.35. The van der Waals surface area contributed by atoms with Gasteiger partial charge in [-0.05, 0) is 66.3 Å². The Hall–Kier alpha value is -0.120. The van der Waals surface area contributed by atoms with E-state index < -0.39 is 0 Å². The first kappa shape index (κ1) is 14.9. The van der Waals surface area contributed by atoms with Crippen molar-refractivity contribution in [2.24, 2.45) is 0 Å². The second-order valence-electron chi connectivity index (χ2n) is 5.67. The minimum absolute atomic E-state index is 0.674. The summed E-state index contributed by atoms with van der Waals surface area (Å²) < 4.78 is 0. The van der Waals surface area contributed by atoms with Gasteiger partial charge in [0.2, 0.25) is 0 Å². The Morgan fingerprint density at radius 2 is 2.18 bits per heavy atom. The topological polar surface area (TPSA) is 18.5 Å². The molecule has 1 fully saturated rings. The van der Waals surface area contributed by atoms with Crippen molar-refractivity contribution in [3.63, 3.8) is 0 Å². The van der Waals surface area contributed by atoms with E-state index in [-0.39, 0.29) is 0 Å². The molecule has 1 saturated heterocycles. The van der Waals surface area contributed by atoms with Crippen LogP contribution < -0.4 is 5.32 Å². The van der Waals surface area contributed by atoms with E-state index in [2.05, 4.69) is 42.9 Å². The summed E-state index contributed by atoms with van der Waals surface area (Å²) in [5.74, 6) is 0. The maximum Gasteiger partial charge on any atom is 0.0207 e. The lowest BCUT2D eigenvalue weighted by Crippen LogP contribution is -2.34. The predicted octanol–water partition coefficient (Wildman–Crippen LogP) is 1.79. The number of hydrogen-bond donors (Lipinski definition) is 1. The maximum absolute atomic E-state index is 3.63. The van der Waals surface area contributed by atoms with E-state index in [9.17, 15) is 0 Å². The highest BCUT2D eigenvalue weighted by atomic mass is 15.2. The molecule has 1 atom stereocenters. The number of rotatable bonds is 8. The van der Waals surface area contributed by atoms with Gasteiger partial charge in [0.1, 0.15) is 0 Å². The highest BCUT2D eigenvalue weighted by Crippen LogP contribution is 2.09. The van der Waals surface area contributed by atoms with Crippen LogP contribution in [-0.4, -0.2) is 61.7 Å². The molecule has 1 unspecified atom stereocenters. The molecule has 1 aliphatic rings. The Balaban J connectivity index is 2.05. The Kier molecular flexibility index (Phi) is 7.09. The molecule has 102 valence electrons. The molecule has 1 rings (SSSR count). The van der Waals surface area contributed by atoms with E-state index in [1.54, 1.807) is 0 Å². The van der Waals surface area contributed by atoms with Crippen molar-refractivity contribution in [1.29, 1.82) is 0 Å². The van der Waals surface area contributed by atoms with Gasteiger partial charge in [0.05, 0.1) is 0 Å². The van der Waals surface area contributed by atoms with E-state index in [1.165, 1.54) is 52.0 Å². The molecule has 0 saturated carbocycles. The van der Waals surface area contributed by atoms with Gasteiger partial charge in [-0.3, -0.25) is 0 Å². The normalized spacial score (nSPS) is 21.9. The molecule has 0 aromatic rings. The van der Waals surface area contributed by atoms with Crippen molar-refractivity contribution in [3.05, 3.63) is 0 Å². The Morgan fingerprint density at radius 3 is 2.82 bits per heavy atom. The van der Waals surface area contributed by atoms with Crippen LogP contribution in [0.2, 0.25) is 0 Å². The molecule has 0 spiro atoms. The summed E-state index contributed by atoms with van der Waals surface area (Å²) in [6, 6.07) is 1.42. The van der Waals surface area contributed by atoms with E-state index >= 15 is 0 Å². The lowest BCUT2D eigenvalue weighted by atomic mass is 10.2. The molecule has 0 aliphatic carbocycles. The quantitative estimate of drug-likeness (QED) is 0.699. The monoisotopic (exact) mass is 241 g/mol. The summed E-state index contributed by atoms with van der Waals surface area (Å²) in [4.78, 5) is 5.05. The van der Waals surface area contributed by atoms with Crippen LogP contribution in [0.4, 0.5) is 0 Å². The van der Waals surface area contributed by atoms with Gasteiger partial charge >= 0.3 is 0 Å². The van der Waals surface area contributed by atoms with Gasteiger partial charge in [-0.2, -0.15) is 0 Å². The number of nitrogens with zero attached hydrogens (tertiary/aromatic N) is 2. The van der Waals surface area contributed by atoms with Crippen LogP contribution in [0.25, 0.3) is 0 Å². The van der Waals surface area contributed by atoms with Crippen molar-refractivity contribution in [2.45, 2.75) is 52.1 Å². The van der Waals surface area contributed by atoms with Crippen LogP contribution in [-0.2, 0) is 0 Å². The zero-order valence-electron chi connectivity index (χ0n) is 12.2. The van der Waals surface area contributed by atoms with Crippen molar-refractivity contribution in [1.82, 2.24) is 15.1 Å². The van der Waals surface area contributed by atoms with Gasteiger partial charge < -0.3 is 15.1 Å². The third kappa shape index (κ3) is 5.84. The highest BCUT2D eigenvalue weighted by Gasteiger charge is 2.20. The molecule has 0 radical (unpaired) electrons. The standard InChI is InChI=1S/C14H31N3/c1-5-8-15-14-7-11-17(12-14)10-6-9-16(4)13(2)3/h13-15H,5-12H2,1-4H3. The zero-order valence-corrected chi connectivity index (χ0v) is 12.2. The molecule has 1 N–H and O–H groups in total. The Bertz CT molecular complexity index is 194. The average Bonchev–Trinajstić information content (AvgIpc) is 2.74. The summed E-state index contributed by atoms with van der Waals surface area (Å²) in [5.41, 5.74) is 0. The lowest BCUT2D eigenvalue weighted by Gasteiger charge is -2.23. The van der Waals surface area contributed by atoms with E-state index in [0.29, 0.717) is 6.04 Å². The molecule has 0 bridgehead atoms. The third-order valence-electron chi connectivity index (χ3n) is 3.82. The minimum Gasteiger partial charge on any atom is -0.313 e. The first-order chi connectivity index (χ1) is 8.13.